The second-order valence-electron chi connectivity index (χ2n) is 4.40. The molecule has 104 valence electrons. The number of halogens is 3. The molecule has 1 aromatic heterocycles. The number of aryl methyl sites for hydroxylation is 1. The van der Waals surface area contributed by atoms with Crippen molar-refractivity contribution >= 4 is 11.0 Å². The lowest BCUT2D eigenvalue weighted by Crippen LogP contribution is -2.21. The van der Waals surface area contributed by atoms with Crippen LogP contribution in [0.3, 0.4) is 0 Å². The van der Waals surface area contributed by atoms with Gasteiger partial charge in [0.15, 0.2) is 0 Å². The molecule has 1 N–H and O–H groups in total. The van der Waals surface area contributed by atoms with Crippen molar-refractivity contribution in [2.45, 2.75) is 32.5 Å². The number of rotatable bonds is 5. The Morgan fingerprint density at radius 1 is 1.21 bits per heavy atom. The van der Waals surface area contributed by atoms with Crippen LogP contribution in [-0.2, 0) is 13.0 Å². The summed E-state index contributed by atoms with van der Waals surface area (Å²) in [5.41, 5.74) is 1.74. The molecule has 0 aliphatic carbocycles. The Kier molecular flexibility index (Phi) is 4.14. The summed E-state index contributed by atoms with van der Waals surface area (Å²) < 4.78 is 41.9. The Morgan fingerprint density at radius 2 is 1.95 bits per heavy atom. The third-order valence-corrected chi connectivity index (χ3v) is 2.99. The van der Waals surface area contributed by atoms with Gasteiger partial charge in [0.2, 0.25) is 0 Å². The molecule has 19 heavy (non-hydrogen) atoms. The first kappa shape index (κ1) is 13.9. The fourth-order valence-electron chi connectivity index (χ4n) is 2.07. The van der Waals surface area contributed by atoms with Gasteiger partial charge < -0.3 is 9.73 Å². The van der Waals surface area contributed by atoms with Crippen molar-refractivity contribution in [1.29, 1.82) is 0 Å². The monoisotopic (exact) mass is 271 g/mol. The van der Waals surface area contributed by atoms with E-state index in [4.69, 9.17) is 4.42 Å². The summed E-state index contributed by atoms with van der Waals surface area (Å²) >= 11 is 0. The van der Waals surface area contributed by atoms with Crippen LogP contribution in [0.15, 0.2) is 28.7 Å². The average Bonchev–Trinajstić information content (AvgIpc) is 2.71. The van der Waals surface area contributed by atoms with Crippen molar-refractivity contribution < 1.29 is 17.6 Å². The molecule has 0 amide bonds. The van der Waals surface area contributed by atoms with E-state index < -0.39 is 12.6 Å². The fourth-order valence-corrected chi connectivity index (χ4v) is 2.07. The summed E-state index contributed by atoms with van der Waals surface area (Å²) in [6.45, 7) is 2.29. The second-order valence-corrected chi connectivity index (χ2v) is 4.40. The molecule has 5 heteroatoms. The molecular weight excluding hydrogens is 255 g/mol. The van der Waals surface area contributed by atoms with Gasteiger partial charge in [0.1, 0.15) is 11.3 Å². The van der Waals surface area contributed by atoms with Crippen molar-refractivity contribution in [2.24, 2.45) is 0 Å². The van der Waals surface area contributed by atoms with Crippen LogP contribution in [0.25, 0.3) is 11.0 Å². The maximum absolute atomic E-state index is 12.1. The Labute approximate surface area is 109 Å². The third kappa shape index (κ3) is 3.50. The zero-order chi connectivity index (χ0) is 13.9. The molecule has 0 radical (unpaired) electrons. The van der Waals surface area contributed by atoms with E-state index >= 15 is 0 Å². The molecule has 0 aliphatic heterocycles. The predicted molar refractivity (Wildman–Crippen MR) is 68.0 cm³/mol. The molecule has 2 aromatic rings. The van der Waals surface area contributed by atoms with E-state index in [0.717, 1.165) is 28.7 Å². The van der Waals surface area contributed by atoms with E-state index in [9.17, 15) is 13.2 Å². The first-order valence-corrected chi connectivity index (χ1v) is 6.28. The van der Waals surface area contributed by atoms with Gasteiger partial charge >= 0.3 is 6.18 Å². The van der Waals surface area contributed by atoms with E-state index in [1.54, 1.807) is 0 Å². The summed E-state index contributed by atoms with van der Waals surface area (Å²) in [5, 5.41) is 3.80. The maximum atomic E-state index is 12.1. The van der Waals surface area contributed by atoms with Crippen LogP contribution >= 0.6 is 0 Å². The SMILES string of the molecule is CCc1oc2ccccc2c1CNCCC(F)(F)F. The molecule has 1 aromatic carbocycles. The number of hydrogen-bond acceptors (Lipinski definition) is 2. The summed E-state index contributed by atoms with van der Waals surface area (Å²) in [6, 6.07) is 7.58. The highest BCUT2D eigenvalue weighted by Crippen LogP contribution is 2.26. The molecule has 0 spiro atoms. The molecule has 1 heterocycles. The van der Waals surface area contributed by atoms with Crippen molar-refractivity contribution in [2.75, 3.05) is 6.54 Å². The lowest BCUT2D eigenvalue weighted by atomic mass is 10.1. The molecule has 0 unspecified atom stereocenters. The zero-order valence-electron chi connectivity index (χ0n) is 10.7. The minimum Gasteiger partial charge on any atom is -0.461 e. The number of hydrogen-bond donors (Lipinski definition) is 1. The van der Waals surface area contributed by atoms with Crippen LogP contribution in [0.1, 0.15) is 24.7 Å². The van der Waals surface area contributed by atoms with Gasteiger partial charge in [-0.25, -0.2) is 0 Å². The molecule has 0 fully saturated rings. The second kappa shape index (κ2) is 5.65. The van der Waals surface area contributed by atoms with Crippen molar-refractivity contribution in [3.63, 3.8) is 0 Å². The summed E-state index contributed by atoms with van der Waals surface area (Å²) in [7, 11) is 0. The highest BCUT2D eigenvalue weighted by molar-refractivity contribution is 5.82. The lowest BCUT2D eigenvalue weighted by molar-refractivity contribution is -0.133. The van der Waals surface area contributed by atoms with E-state index in [2.05, 4.69) is 5.32 Å². The van der Waals surface area contributed by atoms with Crippen LogP contribution in [0.4, 0.5) is 13.2 Å². The fraction of sp³-hybridized carbons (Fsp3) is 0.429. The summed E-state index contributed by atoms with van der Waals surface area (Å²) in [6.07, 6.45) is -4.20. The number of alkyl halides is 3. The smallest absolute Gasteiger partial charge is 0.390 e. The molecule has 2 rings (SSSR count). The Bertz CT molecular complexity index is 545. The standard InChI is InChI=1S/C14H16F3NO/c1-2-12-11(9-18-8-7-14(15,16)17)10-5-3-4-6-13(10)19-12/h3-6,18H,2,7-9H2,1H3. The van der Waals surface area contributed by atoms with Crippen LogP contribution in [0, 0.1) is 0 Å². The first-order valence-electron chi connectivity index (χ1n) is 6.28. The predicted octanol–water partition coefficient (Wildman–Crippen LogP) is 4.04. The van der Waals surface area contributed by atoms with Gasteiger partial charge in [-0.05, 0) is 6.07 Å². The number of furan rings is 1. The number of fused-ring (bicyclic) bond motifs is 1. The number of nitrogens with one attached hydrogen (secondary N) is 1. The van der Waals surface area contributed by atoms with Gasteiger partial charge in [-0.1, -0.05) is 25.1 Å². The van der Waals surface area contributed by atoms with Crippen molar-refractivity contribution in [1.82, 2.24) is 5.32 Å². The third-order valence-electron chi connectivity index (χ3n) is 2.99. The van der Waals surface area contributed by atoms with Crippen molar-refractivity contribution in [3.05, 3.63) is 35.6 Å². The zero-order valence-corrected chi connectivity index (χ0v) is 10.7. The number of benzene rings is 1. The summed E-state index contributed by atoms with van der Waals surface area (Å²) in [4.78, 5) is 0. The van der Waals surface area contributed by atoms with Crippen LogP contribution < -0.4 is 5.32 Å². The van der Waals surface area contributed by atoms with E-state index in [-0.39, 0.29) is 6.54 Å². The molecule has 0 saturated heterocycles. The van der Waals surface area contributed by atoms with Gasteiger partial charge in [0, 0.05) is 30.5 Å². The van der Waals surface area contributed by atoms with Crippen LogP contribution in [-0.4, -0.2) is 12.7 Å². The summed E-state index contributed by atoms with van der Waals surface area (Å²) in [5.74, 6) is 0.834. The highest BCUT2D eigenvalue weighted by Gasteiger charge is 2.26. The normalized spacial score (nSPS) is 12.2. The van der Waals surface area contributed by atoms with Gasteiger partial charge in [-0.2, -0.15) is 13.2 Å². The molecular formula is C14H16F3NO. The molecule has 0 bridgehead atoms. The topological polar surface area (TPSA) is 25.2 Å². The van der Waals surface area contributed by atoms with Crippen LogP contribution in [0.5, 0.6) is 0 Å². The Balaban J connectivity index is 2.07. The lowest BCUT2D eigenvalue weighted by Gasteiger charge is -2.07. The van der Waals surface area contributed by atoms with E-state index in [0.29, 0.717) is 6.54 Å². The first-order chi connectivity index (χ1) is 9.01. The largest absolute Gasteiger partial charge is 0.461 e. The van der Waals surface area contributed by atoms with Crippen LogP contribution in [0.2, 0.25) is 0 Å². The van der Waals surface area contributed by atoms with E-state index in [1.165, 1.54) is 0 Å². The minimum absolute atomic E-state index is 0.0772. The molecule has 2 nitrogen and oxygen atoms in total. The molecule has 0 atom stereocenters. The Hall–Kier alpha value is -1.49. The van der Waals surface area contributed by atoms with Gasteiger partial charge in [0.05, 0.1) is 6.42 Å². The quantitative estimate of drug-likeness (QED) is 0.830. The molecule has 0 saturated carbocycles. The van der Waals surface area contributed by atoms with Gasteiger partial charge in [-0.3, -0.25) is 0 Å². The molecule has 0 aliphatic rings. The van der Waals surface area contributed by atoms with Crippen molar-refractivity contribution in [3.8, 4) is 0 Å². The maximum Gasteiger partial charge on any atom is 0.390 e. The van der Waals surface area contributed by atoms with E-state index in [1.807, 2.05) is 31.2 Å². The minimum atomic E-state index is -4.11. The Morgan fingerprint density at radius 3 is 2.63 bits per heavy atom. The van der Waals surface area contributed by atoms with Gasteiger partial charge in [0.25, 0.3) is 0 Å². The van der Waals surface area contributed by atoms with Gasteiger partial charge in [-0.15, -0.1) is 0 Å². The highest BCUT2D eigenvalue weighted by atomic mass is 19.4. The average molecular weight is 271 g/mol. The number of para-hydroxylation sites is 1.